The molecule has 1 saturated carbocycles. The van der Waals surface area contributed by atoms with Gasteiger partial charge in [-0.15, -0.1) is 0 Å². The molecule has 0 aromatic rings. The van der Waals surface area contributed by atoms with Gasteiger partial charge in [-0.25, -0.2) is 12.7 Å². The lowest BCUT2D eigenvalue weighted by molar-refractivity contribution is -0.136. The van der Waals surface area contributed by atoms with E-state index >= 15 is 0 Å². The highest BCUT2D eigenvalue weighted by Crippen LogP contribution is 2.44. The zero-order valence-corrected chi connectivity index (χ0v) is 10.4. The van der Waals surface area contributed by atoms with Crippen molar-refractivity contribution in [3.05, 3.63) is 0 Å². The number of sulfonamides is 1. The first-order chi connectivity index (χ1) is 7.73. The number of nitrogens with zero attached hydrogens (tertiary/aromatic N) is 1. The highest BCUT2D eigenvalue weighted by atomic mass is 32.2. The molecule has 0 radical (unpaired) electrons. The van der Waals surface area contributed by atoms with Gasteiger partial charge in [0.1, 0.15) is 0 Å². The Hall–Kier alpha value is -0.300. The molecule has 0 aromatic carbocycles. The van der Waals surface area contributed by atoms with E-state index in [1.807, 2.05) is 0 Å². The van der Waals surface area contributed by atoms with Crippen molar-refractivity contribution in [3.63, 3.8) is 0 Å². The summed E-state index contributed by atoms with van der Waals surface area (Å²) in [4.78, 5) is 0. The molecular weight excluding hydrogens is 255 g/mol. The Morgan fingerprint density at radius 2 is 1.82 bits per heavy atom. The monoisotopic (exact) mass is 271 g/mol. The van der Waals surface area contributed by atoms with Crippen LogP contribution >= 0.6 is 0 Å². The van der Waals surface area contributed by atoms with Crippen LogP contribution in [0.15, 0.2) is 0 Å². The highest BCUT2D eigenvalue weighted by molar-refractivity contribution is 7.90. The van der Waals surface area contributed by atoms with E-state index in [1.54, 1.807) is 0 Å². The van der Waals surface area contributed by atoms with Crippen LogP contribution in [-0.4, -0.2) is 37.2 Å². The Balaban J connectivity index is 2.29. The van der Waals surface area contributed by atoms with Crippen molar-refractivity contribution in [3.8, 4) is 0 Å². The maximum atomic E-state index is 12.5. The normalized spacial score (nSPS) is 38.0. The van der Waals surface area contributed by atoms with Gasteiger partial charge in [0.15, 0.2) is 0 Å². The third-order valence-corrected chi connectivity index (χ3v) is 6.30. The van der Waals surface area contributed by atoms with Crippen LogP contribution in [-0.2, 0) is 10.0 Å². The first kappa shape index (κ1) is 13.1. The molecule has 1 heterocycles. The van der Waals surface area contributed by atoms with E-state index in [4.69, 9.17) is 0 Å². The van der Waals surface area contributed by atoms with Crippen molar-refractivity contribution in [1.82, 2.24) is 4.31 Å². The number of alkyl halides is 3. The Morgan fingerprint density at radius 3 is 2.41 bits per heavy atom. The molecule has 2 aliphatic rings. The Labute approximate surface area is 99.0 Å². The topological polar surface area (TPSA) is 37.4 Å². The van der Waals surface area contributed by atoms with E-state index in [-0.39, 0.29) is 12.0 Å². The summed E-state index contributed by atoms with van der Waals surface area (Å²) in [6.07, 6.45) is -2.60. The number of halogens is 3. The van der Waals surface area contributed by atoms with Gasteiger partial charge in [0.2, 0.25) is 10.0 Å². The van der Waals surface area contributed by atoms with Crippen LogP contribution in [0.25, 0.3) is 0 Å². The zero-order valence-electron chi connectivity index (χ0n) is 9.57. The fourth-order valence-electron chi connectivity index (χ4n) is 3.13. The average molecular weight is 271 g/mol. The quantitative estimate of drug-likeness (QED) is 0.732. The lowest BCUT2D eigenvalue weighted by Gasteiger charge is -2.28. The molecule has 7 heteroatoms. The van der Waals surface area contributed by atoms with Gasteiger partial charge in [-0.1, -0.05) is 12.8 Å². The summed E-state index contributed by atoms with van der Waals surface area (Å²) in [5.41, 5.74) is 0. The molecular formula is C10H16F3NO2S. The van der Waals surface area contributed by atoms with Crippen LogP contribution in [0.5, 0.6) is 0 Å². The van der Waals surface area contributed by atoms with Crippen LogP contribution in [0, 0.1) is 5.92 Å². The van der Waals surface area contributed by atoms with E-state index in [1.165, 1.54) is 11.4 Å². The summed E-state index contributed by atoms with van der Waals surface area (Å²) in [5, 5.41) is -1.27. The minimum absolute atomic E-state index is 0.221. The highest BCUT2D eigenvalue weighted by Gasteiger charge is 2.54. The number of hydrogen-bond acceptors (Lipinski definition) is 2. The molecule has 1 aliphatic carbocycles. The fourth-order valence-corrected chi connectivity index (χ4v) is 5.36. The fraction of sp³-hybridized carbons (Fsp3) is 1.00. The van der Waals surface area contributed by atoms with Crippen LogP contribution < -0.4 is 0 Å². The summed E-state index contributed by atoms with van der Waals surface area (Å²) < 4.78 is 62.5. The first-order valence-corrected chi connectivity index (χ1v) is 7.27. The molecule has 0 aromatic heterocycles. The molecule has 2 rings (SSSR count). The Kier molecular flexibility index (Phi) is 3.18. The maximum absolute atomic E-state index is 12.5. The molecule has 1 saturated heterocycles. The molecule has 3 unspecified atom stereocenters. The van der Waals surface area contributed by atoms with Crippen LogP contribution in [0.2, 0.25) is 0 Å². The van der Waals surface area contributed by atoms with Gasteiger partial charge in [0.05, 0.1) is 11.7 Å². The largest absolute Gasteiger partial charge is 0.390 e. The van der Waals surface area contributed by atoms with Gasteiger partial charge in [0, 0.05) is 13.1 Å². The van der Waals surface area contributed by atoms with Gasteiger partial charge >= 0.3 is 6.18 Å². The lowest BCUT2D eigenvalue weighted by atomic mass is 9.81. The van der Waals surface area contributed by atoms with Crippen molar-refractivity contribution in [2.24, 2.45) is 5.92 Å². The van der Waals surface area contributed by atoms with E-state index < -0.39 is 27.9 Å². The minimum atomic E-state index is -4.41. The van der Waals surface area contributed by atoms with Gasteiger partial charge < -0.3 is 0 Å². The van der Waals surface area contributed by atoms with Gasteiger partial charge in [-0.3, -0.25) is 0 Å². The van der Waals surface area contributed by atoms with E-state index in [9.17, 15) is 21.6 Å². The SMILES string of the molecule is CN1C2CCCCC2C(CC(F)(F)F)S1(=O)=O. The van der Waals surface area contributed by atoms with Crippen molar-refractivity contribution < 1.29 is 21.6 Å². The third kappa shape index (κ3) is 2.31. The second-order valence-electron chi connectivity index (χ2n) is 4.93. The summed E-state index contributed by atoms with van der Waals surface area (Å²) in [7, 11) is -2.36. The standard InChI is InChI=1S/C10H16F3NO2S/c1-14-8-5-3-2-4-7(8)9(17(14,15)16)6-10(11,12)13/h7-9H,2-6H2,1H3. The summed E-state index contributed by atoms with van der Waals surface area (Å²) >= 11 is 0. The van der Waals surface area contributed by atoms with Crippen molar-refractivity contribution in [1.29, 1.82) is 0 Å². The van der Waals surface area contributed by atoms with Crippen LogP contribution in [0.3, 0.4) is 0 Å². The molecule has 17 heavy (non-hydrogen) atoms. The predicted molar refractivity (Wildman–Crippen MR) is 56.9 cm³/mol. The molecule has 3 nitrogen and oxygen atoms in total. The molecule has 0 amide bonds. The number of fused-ring (bicyclic) bond motifs is 1. The molecule has 0 N–H and O–H groups in total. The number of hydrogen-bond donors (Lipinski definition) is 0. The van der Waals surface area contributed by atoms with Crippen molar-refractivity contribution >= 4 is 10.0 Å². The molecule has 2 fully saturated rings. The van der Waals surface area contributed by atoms with Gasteiger partial charge in [-0.05, 0) is 18.8 Å². The van der Waals surface area contributed by atoms with Gasteiger partial charge in [0.25, 0.3) is 0 Å². The smallest absolute Gasteiger partial charge is 0.212 e. The molecule has 1 aliphatic heterocycles. The predicted octanol–water partition coefficient (Wildman–Crippen LogP) is 2.14. The summed E-state index contributed by atoms with van der Waals surface area (Å²) in [6.45, 7) is 0. The third-order valence-electron chi connectivity index (χ3n) is 3.94. The lowest BCUT2D eigenvalue weighted by Crippen LogP contribution is -2.33. The first-order valence-electron chi connectivity index (χ1n) is 5.77. The molecule has 0 spiro atoms. The van der Waals surface area contributed by atoms with Crippen LogP contribution in [0.4, 0.5) is 13.2 Å². The van der Waals surface area contributed by atoms with Gasteiger partial charge in [-0.2, -0.15) is 13.2 Å². The number of rotatable bonds is 1. The van der Waals surface area contributed by atoms with E-state index in [0.717, 1.165) is 12.8 Å². The summed E-state index contributed by atoms with van der Waals surface area (Å²) in [6, 6.07) is -0.221. The minimum Gasteiger partial charge on any atom is -0.212 e. The zero-order chi connectivity index (χ0) is 12.8. The van der Waals surface area contributed by atoms with Crippen molar-refractivity contribution in [2.45, 2.75) is 49.6 Å². The molecule has 0 bridgehead atoms. The average Bonchev–Trinajstić information content (AvgIpc) is 2.39. The van der Waals surface area contributed by atoms with Crippen LogP contribution in [0.1, 0.15) is 32.1 Å². The second kappa shape index (κ2) is 4.12. The molecule has 100 valence electrons. The molecule has 3 atom stereocenters. The maximum Gasteiger partial charge on any atom is 0.390 e. The Bertz CT molecular complexity index is 393. The summed E-state index contributed by atoms with van der Waals surface area (Å²) in [5.74, 6) is -0.347. The Morgan fingerprint density at radius 1 is 1.24 bits per heavy atom. The van der Waals surface area contributed by atoms with E-state index in [2.05, 4.69) is 0 Å². The van der Waals surface area contributed by atoms with Crippen molar-refractivity contribution in [2.75, 3.05) is 7.05 Å². The van der Waals surface area contributed by atoms with E-state index in [0.29, 0.717) is 12.8 Å². The second-order valence-corrected chi connectivity index (χ2v) is 7.15.